The summed E-state index contributed by atoms with van der Waals surface area (Å²) in [4.78, 5) is 0. The fraction of sp³-hybridized carbons (Fsp3) is 0.455. The zero-order valence-corrected chi connectivity index (χ0v) is 9.90. The molecule has 0 aliphatic carbocycles. The standard InChI is InChI=1S/C11H14Cl2O/c1-8(7-14-2)5-9-3-4-10(12)11(13)6-9/h3-4,6,8H,5,7H2,1-2H3/t8-/m1/s1. The summed E-state index contributed by atoms with van der Waals surface area (Å²) in [6.45, 7) is 2.91. The lowest BCUT2D eigenvalue weighted by molar-refractivity contribution is 0.159. The quantitative estimate of drug-likeness (QED) is 0.768. The number of benzene rings is 1. The smallest absolute Gasteiger partial charge is 0.0595 e. The van der Waals surface area contributed by atoms with E-state index in [4.69, 9.17) is 27.9 Å². The molecular formula is C11H14Cl2O. The van der Waals surface area contributed by atoms with Crippen molar-refractivity contribution in [3.8, 4) is 0 Å². The predicted molar refractivity (Wildman–Crippen MR) is 61.2 cm³/mol. The predicted octanol–water partition coefficient (Wildman–Crippen LogP) is 3.82. The first-order valence-corrected chi connectivity index (χ1v) is 5.32. The molecule has 1 nitrogen and oxygen atoms in total. The number of hydrogen-bond donors (Lipinski definition) is 0. The maximum absolute atomic E-state index is 5.91. The summed E-state index contributed by atoms with van der Waals surface area (Å²) in [5.41, 5.74) is 1.20. The Bertz CT molecular complexity index is 299. The first-order chi connectivity index (χ1) is 6.63. The molecule has 0 saturated heterocycles. The number of halogens is 2. The minimum absolute atomic E-state index is 0.497. The minimum Gasteiger partial charge on any atom is -0.384 e. The Morgan fingerprint density at radius 3 is 2.57 bits per heavy atom. The van der Waals surface area contributed by atoms with E-state index in [0.29, 0.717) is 16.0 Å². The van der Waals surface area contributed by atoms with Crippen molar-refractivity contribution in [2.75, 3.05) is 13.7 Å². The second-order valence-corrected chi connectivity index (χ2v) is 4.33. The Hall–Kier alpha value is -0.240. The van der Waals surface area contributed by atoms with Crippen molar-refractivity contribution in [1.82, 2.24) is 0 Å². The molecule has 0 aliphatic heterocycles. The molecule has 0 unspecified atom stereocenters. The summed E-state index contributed by atoms with van der Waals surface area (Å²) in [5.74, 6) is 0.497. The van der Waals surface area contributed by atoms with E-state index < -0.39 is 0 Å². The molecule has 0 N–H and O–H groups in total. The molecule has 14 heavy (non-hydrogen) atoms. The third kappa shape index (κ3) is 3.49. The van der Waals surface area contributed by atoms with Crippen molar-refractivity contribution >= 4 is 23.2 Å². The molecule has 0 spiro atoms. The van der Waals surface area contributed by atoms with Crippen LogP contribution in [0.5, 0.6) is 0 Å². The van der Waals surface area contributed by atoms with E-state index in [2.05, 4.69) is 6.92 Å². The summed E-state index contributed by atoms with van der Waals surface area (Å²) in [5, 5.41) is 1.23. The number of methoxy groups -OCH3 is 1. The Morgan fingerprint density at radius 1 is 1.29 bits per heavy atom. The van der Waals surface area contributed by atoms with Crippen molar-refractivity contribution < 1.29 is 4.74 Å². The third-order valence-corrected chi connectivity index (χ3v) is 2.76. The maximum atomic E-state index is 5.91. The lowest BCUT2D eigenvalue weighted by Gasteiger charge is -2.10. The van der Waals surface area contributed by atoms with Crippen LogP contribution in [-0.4, -0.2) is 13.7 Å². The van der Waals surface area contributed by atoms with E-state index in [-0.39, 0.29) is 0 Å². The summed E-state index contributed by atoms with van der Waals surface area (Å²) < 4.78 is 5.07. The Balaban J connectivity index is 2.63. The minimum atomic E-state index is 0.497. The van der Waals surface area contributed by atoms with Crippen molar-refractivity contribution in [1.29, 1.82) is 0 Å². The van der Waals surface area contributed by atoms with E-state index in [1.165, 1.54) is 5.56 Å². The lowest BCUT2D eigenvalue weighted by Crippen LogP contribution is -2.06. The summed E-state index contributed by atoms with van der Waals surface area (Å²) in [6, 6.07) is 5.75. The highest BCUT2D eigenvalue weighted by molar-refractivity contribution is 6.42. The average molecular weight is 233 g/mol. The third-order valence-electron chi connectivity index (χ3n) is 2.02. The fourth-order valence-electron chi connectivity index (χ4n) is 1.41. The van der Waals surface area contributed by atoms with Gasteiger partial charge in [0.2, 0.25) is 0 Å². The molecule has 0 aromatic heterocycles. The first-order valence-electron chi connectivity index (χ1n) is 4.56. The SMILES string of the molecule is COC[C@H](C)Cc1ccc(Cl)c(Cl)c1. The first kappa shape index (κ1) is 11.8. The second-order valence-electron chi connectivity index (χ2n) is 3.51. The van der Waals surface area contributed by atoms with Crippen LogP contribution >= 0.6 is 23.2 Å². The van der Waals surface area contributed by atoms with Crippen LogP contribution in [0.2, 0.25) is 10.0 Å². The molecule has 1 aromatic rings. The van der Waals surface area contributed by atoms with Crippen LogP contribution in [0.4, 0.5) is 0 Å². The van der Waals surface area contributed by atoms with E-state index in [1.807, 2.05) is 18.2 Å². The van der Waals surface area contributed by atoms with Crippen LogP contribution in [0, 0.1) is 5.92 Å². The van der Waals surface area contributed by atoms with E-state index in [9.17, 15) is 0 Å². The molecule has 1 rings (SSSR count). The Labute approximate surface area is 95.0 Å². The van der Waals surface area contributed by atoms with Gasteiger partial charge in [-0.3, -0.25) is 0 Å². The molecule has 0 amide bonds. The Kier molecular flexibility index (Phi) is 4.73. The van der Waals surface area contributed by atoms with Crippen LogP contribution in [0.15, 0.2) is 18.2 Å². The second kappa shape index (κ2) is 5.59. The zero-order valence-electron chi connectivity index (χ0n) is 8.39. The topological polar surface area (TPSA) is 9.23 Å². The largest absolute Gasteiger partial charge is 0.384 e. The maximum Gasteiger partial charge on any atom is 0.0595 e. The monoisotopic (exact) mass is 232 g/mol. The van der Waals surface area contributed by atoms with Gasteiger partial charge in [-0.2, -0.15) is 0 Å². The van der Waals surface area contributed by atoms with Gasteiger partial charge < -0.3 is 4.74 Å². The van der Waals surface area contributed by atoms with Crippen molar-refractivity contribution in [2.24, 2.45) is 5.92 Å². The van der Waals surface area contributed by atoms with Gasteiger partial charge in [-0.1, -0.05) is 36.2 Å². The van der Waals surface area contributed by atoms with E-state index >= 15 is 0 Å². The van der Waals surface area contributed by atoms with Crippen molar-refractivity contribution in [3.05, 3.63) is 33.8 Å². The molecule has 3 heteroatoms. The normalized spacial score (nSPS) is 12.9. The summed E-state index contributed by atoms with van der Waals surface area (Å²) >= 11 is 11.7. The molecule has 0 saturated carbocycles. The number of rotatable bonds is 4. The zero-order chi connectivity index (χ0) is 10.6. The molecule has 1 atom stereocenters. The molecule has 1 aromatic carbocycles. The van der Waals surface area contributed by atoms with Gasteiger partial charge in [-0.15, -0.1) is 0 Å². The van der Waals surface area contributed by atoms with Crippen molar-refractivity contribution in [3.63, 3.8) is 0 Å². The summed E-state index contributed by atoms with van der Waals surface area (Å²) in [6.07, 6.45) is 0.963. The van der Waals surface area contributed by atoms with Crippen LogP contribution in [-0.2, 0) is 11.2 Å². The van der Waals surface area contributed by atoms with Crippen LogP contribution in [0.1, 0.15) is 12.5 Å². The molecule has 0 fully saturated rings. The Morgan fingerprint density at radius 2 is 2.00 bits per heavy atom. The van der Waals surface area contributed by atoms with Gasteiger partial charge in [0, 0.05) is 13.7 Å². The van der Waals surface area contributed by atoms with Gasteiger partial charge in [0.15, 0.2) is 0 Å². The molecule has 0 radical (unpaired) electrons. The fourth-order valence-corrected chi connectivity index (χ4v) is 1.73. The highest BCUT2D eigenvalue weighted by atomic mass is 35.5. The molecule has 78 valence electrons. The number of hydrogen-bond acceptors (Lipinski definition) is 1. The molecular weight excluding hydrogens is 219 g/mol. The molecule has 0 aliphatic rings. The van der Waals surface area contributed by atoms with Crippen molar-refractivity contribution in [2.45, 2.75) is 13.3 Å². The van der Waals surface area contributed by atoms with Gasteiger partial charge in [-0.05, 0) is 30.0 Å². The summed E-state index contributed by atoms with van der Waals surface area (Å²) in [7, 11) is 1.71. The van der Waals surface area contributed by atoms with Gasteiger partial charge in [0.25, 0.3) is 0 Å². The molecule has 0 bridgehead atoms. The van der Waals surface area contributed by atoms with Gasteiger partial charge in [-0.25, -0.2) is 0 Å². The average Bonchev–Trinajstić information content (AvgIpc) is 2.12. The molecule has 0 heterocycles. The van der Waals surface area contributed by atoms with E-state index in [1.54, 1.807) is 7.11 Å². The number of ether oxygens (including phenoxy) is 1. The highest BCUT2D eigenvalue weighted by Crippen LogP contribution is 2.23. The highest BCUT2D eigenvalue weighted by Gasteiger charge is 2.05. The van der Waals surface area contributed by atoms with Gasteiger partial charge in [0.05, 0.1) is 10.0 Å². The van der Waals surface area contributed by atoms with E-state index in [0.717, 1.165) is 13.0 Å². The van der Waals surface area contributed by atoms with Crippen LogP contribution < -0.4 is 0 Å². The van der Waals surface area contributed by atoms with Gasteiger partial charge in [0.1, 0.15) is 0 Å². The van der Waals surface area contributed by atoms with Crippen LogP contribution in [0.25, 0.3) is 0 Å². The van der Waals surface area contributed by atoms with Gasteiger partial charge >= 0.3 is 0 Å². The lowest BCUT2D eigenvalue weighted by atomic mass is 10.0. The van der Waals surface area contributed by atoms with Crippen LogP contribution in [0.3, 0.4) is 0 Å².